The minimum atomic E-state index is -4.97. The van der Waals surface area contributed by atoms with Crippen LogP contribution in [-0.2, 0) is 65.4 Å². The van der Waals surface area contributed by atoms with E-state index < -0.39 is 97.5 Å². The number of hydrogen-bond acceptors (Lipinski definition) is 15. The molecule has 17 nitrogen and oxygen atoms in total. The van der Waals surface area contributed by atoms with E-state index in [9.17, 15) is 43.2 Å². The SMILES string of the molecule is CCC(C)CCCCCCCCCCCCCCCCCCCCC(=O)O[C@H](COC(=O)CCCCCCCCCCCCCCCCCCCCC(C)C)COP(=O)(O)OCC(O)COP(=O)(O)OC[C@@H](COC(=O)CCCCCCCCCC(C)C)OC(=O)CCCCCCCCCCC(C)CC. The van der Waals surface area contributed by atoms with Crippen molar-refractivity contribution in [2.75, 3.05) is 39.6 Å². The molecule has 0 aliphatic heterocycles. The molecule has 0 radical (unpaired) electrons. The number of carbonyl (C=O) groups excluding carboxylic acids is 4. The van der Waals surface area contributed by atoms with Crippen LogP contribution in [0.3, 0.4) is 0 Å². The third-order valence-electron chi connectivity index (χ3n) is 20.8. The van der Waals surface area contributed by atoms with Gasteiger partial charge in [-0.2, -0.15) is 0 Å². The van der Waals surface area contributed by atoms with Crippen LogP contribution in [-0.4, -0.2) is 96.7 Å². The van der Waals surface area contributed by atoms with Crippen LogP contribution >= 0.6 is 15.6 Å². The Morgan fingerprint density at radius 1 is 0.267 bits per heavy atom. The largest absolute Gasteiger partial charge is 0.472 e. The van der Waals surface area contributed by atoms with Gasteiger partial charge in [-0.1, -0.05) is 396 Å². The van der Waals surface area contributed by atoms with Crippen LogP contribution < -0.4 is 0 Å². The maximum Gasteiger partial charge on any atom is 0.472 e. The summed E-state index contributed by atoms with van der Waals surface area (Å²) in [6, 6.07) is 0. The molecule has 0 bridgehead atoms. The van der Waals surface area contributed by atoms with Crippen LogP contribution in [0.15, 0.2) is 0 Å². The fraction of sp³-hybridized carbons (Fsp3) is 0.953. The normalized spacial score (nSPS) is 14.4. The van der Waals surface area contributed by atoms with Crippen molar-refractivity contribution in [1.82, 2.24) is 0 Å². The Balaban J connectivity index is 5.20. The third kappa shape index (κ3) is 77.2. The molecule has 0 aromatic carbocycles. The minimum Gasteiger partial charge on any atom is -0.462 e. The zero-order chi connectivity index (χ0) is 77.4. The summed E-state index contributed by atoms with van der Waals surface area (Å²) in [7, 11) is -9.93. The van der Waals surface area contributed by atoms with E-state index in [1.54, 1.807) is 0 Å². The van der Waals surface area contributed by atoms with Gasteiger partial charge < -0.3 is 33.8 Å². The standard InChI is InChI=1S/C86H168O17P2/c1-9-78(7)64-56-48-40-32-28-24-20-16-12-14-18-22-26-30-34-43-52-60-68-85(90)102-81(72-96-83(88)66-58-50-42-33-29-25-21-17-13-11-15-19-23-27-31-38-46-54-62-76(3)4)74-100-104(92,93)98-70-80(87)71-99-105(94,95)101-75-82(73-97-84(89)67-59-51-45-37-39-47-55-63-77(5)6)103-86(91)69-61-53-44-36-35-41-49-57-65-79(8)10-2/h76-82,87H,9-75H2,1-8H3,(H,92,93)(H,94,95)/t78?,79?,80?,81-,82-/m1/s1. The van der Waals surface area contributed by atoms with Crippen molar-refractivity contribution in [2.45, 2.75) is 465 Å². The number of rotatable bonds is 83. The number of esters is 4. The number of aliphatic hydroxyl groups is 1. The summed E-state index contributed by atoms with van der Waals surface area (Å²) in [4.78, 5) is 73.1. The van der Waals surface area contributed by atoms with E-state index in [0.29, 0.717) is 31.6 Å². The van der Waals surface area contributed by atoms with Gasteiger partial charge in [-0.05, 0) is 49.4 Å². The number of aliphatic hydroxyl groups excluding tert-OH is 1. The molecule has 0 fully saturated rings. The second-order valence-corrected chi connectivity index (χ2v) is 35.3. The molecule has 105 heavy (non-hydrogen) atoms. The molecule has 0 aromatic rings. The zero-order valence-electron chi connectivity index (χ0n) is 69.4. The van der Waals surface area contributed by atoms with Crippen molar-refractivity contribution in [3.05, 3.63) is 0 Å². The topological polar surface area (TPSA) is 237 Å². The fourth-order valence-corrected chi connectivity index (χ4v) is 14.8. The molecule has 0 saturated heterocycles. The first kappa shape index (κ1) is 103. The molecule has 624 valence electrons. The van der Waals surface area contributed by atoms with Gasteiger partial charge in [0.25, 0.3) is 0 Å². The highest BCUT2D eigenvalue weighted by molar-refractivity contribution is 7.47. The lowest BCUT2D eigenvalue weighted by atomic mass is 9.99. The van der Waals surface area contributed by atoms with Crippen LogP contribution in [0.2, 0.25) is 0 Å². The predicted molar refractivity (Wildman–Crippen MR) is 432 cm³/mol. The van der Waals surface area contributed by atoms with Gasteiger partial charge in [0, 0.05) is 25.7 Å². The number of hydrogen-bond donors (Lipinski definition) is 3. The number of ether oxygens (including phenoxy) is 4. The maximum absolute atomic E-state index is 13.1. The van der Waals surface area contributed by atoms with Crippen molar-refractivity contribution in [1.29, 1.82) is 0 Å². The molecule has 0 amide bonds. The average Bonchev–Trinajstić information content (AvgIpc) is 0.904. The smallest absolute Gasteiger partial charge is 0.462 e. The third-order valence-corrected chi connectivity index (χ3v) is 22.7. The van der Waals surface area contributed by atoms with Gasteiger partial charge in [-0.3, -0.25) is 37.3 Å². The molecule has 5 unspecified atom stereocenters. The summed E-state index contributed by atoms with van der Waals surface area (Å²) >= 11 is 0. The maximum atomic E-state index is 13.1. The number of phosphoric ester groups is 2. The van der Waals surface area contributed by atoms with Gasteiger partial charge in [-0.15, -0.1) is 0 Å². The molecular weight excluding hydrogens is 1370 g/mol. The Hall–Kier alpha value is -1.94. The van der Waals surface area contributed by atoms with Gasteiger partial charge in [0.2, 0.25) is 0 Å². The van der Waals surface area contributed by atoms with Crippen molar-refractivity contribution < 1.29 is 80.2 Å². The summed E-state index contributed by atoms with van der Waals surface area (Å²) in [5, 5.41) is 10.7. The van der Waals surface area contributed by atoms with E-state index in [0.717, 1.165) is 114 Å². The number of unbranched alkanes of at least 4 members (excludes halogenated alkanes) is 47. The Morgan fingerprint density at radius 3 is 0.676 bits per heavy atom. The number of phosphoric acid groups is 2. The highest BCUT2D eigenvalue weighted by atomic mass is 31.2. The fourth-order valence-electron chi connectivity index (χ4n) is 13.3. The van der Waals surface area contributed by atoms with E-state index in [1.165, 1.54) is 244 Å². The van der Waals surface area contributed by atoms with Gasteiger partial charge in [0.05, 0.1) is 26.4 Å². The molecule has 0 heterocycles. The minimum absolute atomic E-state index is 0.104. The summed E-state index contributed by atoms with van der Waals surface area (Å²) in [5.74, 6) is 1.06. The van der Waals surface area contributed by atoms with E-state index in [4.69, 9.17) is 37.0 Å². The Kier molecular flexibility index (Phi) is 73.4. The second-order valence-electron chi connectivity index (χ2n) is 32.4. The molecule has 0 aliphatic rings. The average molecular weight is 1540 g/mol. The van der Waals surface area contributed by atoms with E-state index in [2.05, 4.69) is 55.4 Å². The Labute approximate surface area is 645 Å². The molecule has 3 N–H and O–H groups in total. The van der Waals surface area contributed by atoms with E-state index in [1.807, 2.05) is 0 Å². The highest BCUT2D eigenvalue weighted by Crippen LogP contribution is 2.45. The molecule has 0 saturated carbocycles. The molecule has 0 aromatic heterocycles. The predicted octanol–water partition coefficient (Wildman–Crippen LogP) is 25.9. The monoisotopic (exact) mass is 1540 g/mol. The van der Waals surface area contributed by atoms with Crippen molar-refractivity contribution in [3.8, 4) is 0 Å². The first-order valence-electron chi connectivity index (χ1n) is 44.3. The molecule has 7 atom stereocenters. The first-order valence-corrected chi connectivity index (χ1v) is 47.3. The van der Waals surface area contributed by atoms with E-state index >= 15 is 0 Å². The molecule has 0 spiro atoms. The number of carbonyl (C=O) groups is 4. The quantitative estimate of drug-likeness (QED) is 0.0222. The lowest BCUT2D eigenvalue weighted by Gasteiger charge is -2.21. The van der Waals surface area contributed by atoms with Crippen molar-refractivity contribution >= 4 is 39.5 Å². The van der Waals surface area contributed by atoms with E-state index in [-0.39, 0.29) is 25.7 Å². The van der Waals surface area contributed by atoms with Crippen LogP contribution in [0.4, 0.5) is 0 Å². The first-order chi connectivity index (χ1) is 50.7. The van der Waals surface area contributed by atoms with Gasteiger partial charge in [0.1, 0.15) is 19.3 Å². The van der Waals surface area contributed by atoms with Crippen molar-refractivity contribution in [2.24, 2.45) is 23.7 Å². The Morgan fingerprint density at radius 2 is 0.457 bits per heavy atom. The Bertz CT molecular complexity index is 2050. The summed E-state index contributed by atoms with van der Waals surface area (Å²) in [5.41, 5.74) is 0. The molecule has 0 aliphatic carbocycles. The molecule has 0 rings (SSSR count). The van der Waals surface area contributed by atoms with Crippen LogP contribution in [0, 0.1) is 23.7 Å². The zero-order valence-corrected chi connectivity index (χ0v) is 71.2. The van der Waals surface area contributed by atoms with Gasteiger partial charge in [0.15, 0.2) is 12.2 Å². The van der Waals surface area contributed by atoms with Crippen molar-refractivity contribution in [3.63, 3.8) is 0 Å². The lowest BCUT2D eigenvalue weighted by Crippen LogP contribution is -2.30. The molecular formula is C86H168O17P2. The molecule has 19 heteroatoms. The summed E-state index contributed by atoms with van der Waals surface area (Å²) in [6.07, 6.45) is 64.1. The summed E-state index contributed by atoms with van der Waals surface area (Å²) < 4.78 is 68.8. The van der Waals surface area contributed by atoms with Gasteiger partial charge in [-0.25, -0.2) is 9.13 Å². The van der Waals surface area contributed by atoms with Crippen LogP contribution in [0.5, 0.6) is 0 Å². The van der Waals surface area contributed by atoms with Crippen LogP contribution in [0.1, 0.15) is 447 Å². The second kappa shape index (κ2) is 74.8. The summed E-state index contributed by atoms with van der Waals surface area (Å²) in [6.45, 7) is 14.3. The lowest BCUT2D eigenvalue weighted by molar-refractivity contribution is -0.161. The van der Waals surface area contributed by atoms with Gasteiger partial charge >= 0.3 is 39.5 Å². The van der Waals surface area contributed by atoms with Crippen LogP contribution in [0.25, 0.3) is 0 Å². The highest BCUT2D eigenvalue weighted by Gasteiger charge is 2.31.